The standard InChI is InChI=1S/C20H23N3O3/c1-14(2)19(24)23-18-10-6-15(7-11-18)12-21-20(25)17-8-4-16(5-9-17)13-22-26-3/h4-11,13-14H,12H2,1-3H3,(H,21,25)(H,23,24)/b22-13+. The largest absolute Gasteiger partial charge is 0.399 e. The lowest BCUT2D eigenvalue weighted by atomic mass is 10.1. The Morgan fingerprint density at radius 2 is 1.73 bits per heavy atom. The van der Waals surface area contributed by atoms with Gasteiger partial charge in [0.25, 0.3) is 5.91 Å². The molecule has 0 aliphatic heterocycles. The molecule has 0 fully saturated rings. The summed E-state index contributed by atoms with van der Waals surface area (Å²) in [5, 5.41) is 9.38. The number of benzene rings is 2. The van der Waals surface area contributed by atoms with Crippen LogP contribution in [0.3, 0.4) is 0 Å². The van der Waals surface area contributed by atoms with Gasteiger partial charge in [-0.15, -0.1) is 0 Å². The zero-order valence-electron chi connectivity index (χ0n) is 15.2. The number of rotatable bonds is 7. The maximum atomic E-state index is 12.2. The molecule has 2 aromatic carbocycles. The first kappa shape index (κ1) is 19.2. The predicted octanol–water partition coefficient (Wildman–Crippen LogP) is 3.19. The van der Waals surface area contributed by atoms with Crippen LogP contribution in [0.5, 0.6) is 0 Å². The summed E-state index contributed by atoms with van der Waals surface area (Å²) >= 11 is 0. The fraction of sp³-hybridized carbons (Fsp3) is 0.250. The molecule has 2 N–H and O–H groups in total. The number of carbonyl (C=O) groups excluding carboxylic acids is 2. The predicted molar refractivity (Wildman–Crippen MR) is 102 cm³/mol. The molecule has 0 bridgehead atoms. The summed E-state index contributed by atoms with van der Waals surface area (Å²) in [6.45, 7) is 4.09. The van der Waals surface area contributed by atoms with Crippen molar-refractivity contribution < 1.29 is 14.4 Å². The Morgan fingerprint density at radius 1 is 1.08 bits per heavy atom. The van der Waals surface area contributed by atoms with Gasteiger partial charge in [0.15, 0.2) is 0 Å². The van der Waals surface area contributed by atoms with E-state index in [2.05, 4.69) is 20.6 Å². The molecule has 0 atom stereocenters. The first-order chi connectivity index (χ1) is 12.5. The number of oxime groups is 1. The van der Waals surface area contributed by atoms with Crippen LogP contribution in [0, 0.1) is 5.92 Å². The topological polar surface area (TPSA) is 79.8 Å². The lowest BCUT2D eigenvalue weighted by Crippen LogP contribution is -2.22. The number of hydrogen-bond acceptors (Lipinski definition) is 4. The van der Waals surface area contributed by atoms with Crippen molar-refractivity contribution >= 4 is 23.7 Å². The van der Waals surface area contributed by atoms with Crippen LogP contribution in [0.4, 0.5) is 5.69 Å². The first-order valence-corrected chi connectivity index (χ1v) is 8.34. The van der Waals surface area contributed by atoms with Crippen molar-refractivity contribution in [1.82, 2.24) is 5.32 Å². The van der Waals surface area contributed by atoms with Crippen LogP contribution in [0.1, 0.15) is 35.3 Å². The maximum Gasteiger partial charge on any atom is 0.251 e. The lowest BCUT2D eigenvalue weighted by molar-refractivity contribution is -0.118. The fourth-order valence-corrected chi connectivity index (χ4v) is 2.11. The molecule has 0 radical (unpaired) electrons. The zero-order chi connectivity index (χ0) is 18.9. The number of nitrogens with zero attached hydrogens (tertiary/aromatic N) is 1. The van der Waals surface area contributed by atoms with Crippen LogP contribution in [0.2, 0.25) is 0 Å². The highest BCUT2D eigenvalue weighted by Crippen LogP contribution is 2.11. The van der Waals surface area contributed by atoms with Crippen molar-refractivity contribution in [2.45, 2.75) is 20.4 Å². The minimum Gasteiger partial charge on any atom is -0.399 e. The van der Waals surface area contributed by atoms with Crippen molar-refractivity contribution in [3.8, 4) is 0 Å². The zero-order valence-corrected chi connectivity index (χ0v) is 15.2. The quantitative estimate of drug-likeness (QED) is 0.593. The highest BCUT2D eigenvalue weighted by Gasteiger charge is 2.08. The van der Waals surface area contributed by atoms with E-state index in [1.54, 1.807) is 30.5 Å². The number of hydrogen-bond donors (Lipinski definition) is 2. The van der Waals surface area contributed by atoms with Crippen molar-refractivity contribution in [2.75, 3.05) is 12.4 Å². The van der Waals surface area contributed by atoms with Crippen molar-refractivity contribution in [3.05, 3.63) is 65.2 Å². The Labute approximate surface area is 153 Å². The smallest absolute Gasteiger partial charge is 0.251 e. The van der Waals surface area contributed by atoms with Crippen molar-refractivity contribution in [2.24, 2.45) is 11.1 Å². The molecule has 0 aromatic heterocycles. The second kappa shape index (κ2) is 9.36. The second-order valence-electron chi connectivity index (χ2n) is 6.06. The molecule has 2 amide bonds. The van der Waals surface area contributed by atoms with Crippen molar-refractivity contribution in [3.63, 3.8) is 0 Å². The Hall–Kier alpha value is -3.15. The molecule has 6 nitrogen and oxygen atoms in total. The molecule has 26 heavy (non-hydrogen) atoms. The summed E-state index contributed by atoms with van der Waals surface area (Å²) in [6, 6.07) is 14.5. The Balaban J connectivity index is 1.88. The van der Waals surface area contributed by atoms with E-state index in [9.17, 15) is 9.59 Å². The highest BCUT2D eigenvalue weighted by molar-refractivity contribution is 5.95. The van der Waals surface area contributed by atoms with Gasteiger partial charge in [-0.05, 0) is 35.4 Å². The van der Waals surface area contributed by atoms with Crippen LogP contribution < -0.4 is 10.6 Å². The van der Waals surface area contributed by atoms with Gasteiger partial charge in [0.2, 0.25) is 5.91 Å². The summed E-state index contributed by atoms with van der Waals surface area (Å²) in [7, 11) is 1.48. The molecule has 6 heteroatoms. The SMILES string of the molecule is CO/N=C/c1ccc(C(=O)NCc2ccc(NC(=O)C(C)C)cc2)cc1. The number of anilines is 1. The average molecular weight is 353 g/mol. The lowest BCUT2D eigenvalue weighted by Gasteiger charge is -2.09. The van der Waals surface area contributed by atoms with E-state index < -0.39 is 0 Å². The normalized spacial score (nSPS) is 10.8. The van der Waals surface area contributed by atoms with E-state index in [0.29, 0.717) is 12.1 Å². The Kier molecular flexibility index (Phi) is 6.91. The molecule has 0 saturated heterocycles. The molecular weight excluding hydrogens is 330 g/mol. The number of amides is 2. The van der Waals surface area contributed by atoms with Gasteiger partial charge in [-0.2, -0.15) is 0 Å². The molecule has 0 heterocycles. The van der Waals surface area contributed by atoms with E-state index in [-0.39, 0.29) is 17.7 Å². The Morgan fingerprint density at radius 3 is 2.31 bits per heavy atom. The summed E-state index contributed by atoms with van der Waals surface area (Å²) in [4.78, 5) is 28.5. The first-order valence-electron chi connectivity index (χ1n) is 8.34. The molecule has 0 aliphatic rings. The third kappa shape index (κ3) is 5.73. The highest BCUT2D eigenvalue weighted by atomic mass is 16.6. The van der Waals surface area contributed by atoms with E-state index >= 15 is 0 Å². The second-order valence-corrected chi connectivity index (χ2v) is 6.06. The van der Waals surface area contributed by atoms with Crippen LogP contribution >= 0.6 is 0 Å². The van der Waals surface area contributed by atoms with Crippen LogP contribution in [0.25, 0.3) is 0 Å². The molecular formula is C20H23N3O3. The van der Waals surface area contributed by atoms with Crippen molar-refractivity contribution in [1.29, 1.82) is 0 Å². The van der Waals surface area contributed by atoms with Crippen LogP contribution in [-0.4, -0.2) is 25.1 Å². The van der Waals surface area contributed by atoms with Gasteiger partial charge in [-0.1, -0.05) is 43.3 Å². The van der Waals surface area contributed by atoms with Gasteiger partial charge in [-0.25, -0.2) is 0 Å². The molecule has 2 aromatic rings. The molecule has 136 valence electrons. The molecule has 0 spiro atoms. The van der Waals surface area contributed by atoms with Crippen LogP contribution in [0.15, 0.2) is 53.7 Å². The summed E-state index contributed by atoms with van der Waals surface area (Å²) in [5.74, 6) is -0.247. The van der Waals surface area contributed by atoms with Gasteiger partial charge in [-0.3, -0.25) is 9.59 Å². The molecule has 0 aliphatic carbocycles. The van der Waals surface area contributed by atoms with E-state index in [1.165, 1.54) is 7.11 Å². The van der Waals surface area contributed by atoms with E-state index in [0.717, 1.165) is 16.8 Å². The van der Waals surface area contributed by atoms with Gasteiger partial charge in [0.05, 0.1) is 6.21 Å². The van der Waals surface area contributed by atoms with Gasteiger partial charge < -0.3 is 15.5 Å². The minimum absolute atomic E-state index is 0.0231. The summed E-state index contributed by atoms with van der Waals surface area (Å²) in [5.41, 5.74) is 3.11. The summed E-state index contributed by atoms with van der Waals surface area (Å²) < 4.78 is 0. The number of carbonyl (C=O) groups is 2. The molecule has 0 saturated carbocycles. The third-order valence-electron chi connectivity index (χ3n) is 3.68. The van der Waals surface area contributed by atoms with Crippen LogP contribution in [-0.2, 0) is 16.2 Å². The molecule has 2 rings (SSSR count). The van der Waals surface area contributed by atoms with E-state index in [4.69, 9.17) is 0 Å². The number of nitrogens with one attached hydrogen (secondary N) is 2. The average Bonchev–Trinajstić information content (AvgIpc) is 2.65. The van der Waals surface area contributed by atoms with Gasteiger partial charge in [0.1, 0.15) is 7.11 Å². The molecule has 0 unspecified atom stereocenters. The Bertz CT molecular complexity index is 766. The minimum atomic E-state index is -0.155. The summed E-state index contributed by atoms with van der Waals surface area (Å²) in [6.07, 6.45) is 1.57. The van der Waals surface area contributed by atoms with Gasteiger partial charge >= 0.3 is 0 Å². The van der Waals surface area contributed by atoms with E-state index in [1.807, 2.05) is 38.1 Å². The van der Waals surface area contributed by atoms with Gasteiger partial charge in [0, 0.05) is 23.7 Å². The third-order valence-corrected chi connectivity index (χ3v) is 3.68. The fourth-order valence-electron chi connectivity index (χ4n) is 2.11. The maximum absolute atomic E-state index is 12.2. The monoisotopic (exact) mass is 353 g/mol.